The van der Waals surface area contributed by atoms with Gasteiger partial charge in [-0.1, -0.05) is 45.2 Å². The van der Waals surface area contributed by atoms with Crippen LogP contribution >= 0.6 is 39.1 Å². The minimum atomic E-state index is -0.348. The lowest BCUT2D eigenvalue weighted by molar-refractivity contribution is 0.0921. The first kappa shape index (κ1) is 13.8. The van der Waals surface area contributed by atoms with Crippen molar-refractivity contribution in [2.75, 3.05) is 5.33 Å². The summed E-state index contributed by atoms with van der Waals surface area (Å²) >= 11 is 15.2. The van der Waals surface area contributed by atoms with E-state index in [9.17, 15) is 4.79 Å². The standard InChI is InChI=1S/C11H12BrCl2NO/c1-11(2,6-12)15-10(16)9-7(13)4-3-5-8(9)14/h3-5H,6H2,1-2H3,(H,15,16). The van der Waals surface area contributed by atoms with Gasteiger partial charge in [0.05, 0.1) is 15.6 Å². The molecule has 0 aliphatic carbocycles. The lowest BCUT2D eigenvalue weighted by Gasteiger charge is -2.24. The molecule has 1 aromatic rings. The van der Waals surface area contributed by atoms with Crippen molar-refractivity contribution >= 4 is 45.0 Å². The van der Waals surface area contributed by atoms with Crippen molar-refractivity contribution in [3.05, 3.63) is 33.8 Å². The van der Waals surface area contributed by atoms with Gasteiger partial charge in [-0.2, -0.15) is 0 Å². The Balaban J connectivity index is 2.98. The van der Waals surface area contributed by atoms with Gasteiger partial charge in [0.1, 0.15) is 0 Å². The average molecular weight is 325 g/mol. The van der Waals surface area contributed by atoms with E-state index in [0.717, 1.165) is 0 Å². The van der Waals surface area contributed by atoms with Gasteiger partial charge in [0.2, 0.25) is 0 Å². The number of nitrogens with one attached hydrogen (secondary N) is 1. The van der Waals surface area contributed by atoms with Crippen molar-refractivity contribution < 1.29 is 4.79 Å². The lowest BCUT2D eigenvalue weighted by Crippen LogP contribution is -2.44. The molecule has 0 aliphatic rings. The van der Waals surface area contributed by atoms with Crippen LogP contribution in [0, 0.1) is 0 Å². The molecule has 0 aromatic heterocycles. The maximum atomic E-state index is 12.0. The monoisotopic (exact) mass is 323 g/mol. The van der Waals surface area contributed by atoms with E-state index in [2.05, 4.69) is 21.2 Å². The van der Waals surface area contributed by atoms with Crippen molar-refractivity contribution in [3.63, 3.8) is 0 Å². The number of hydrogen-bond donors (Lipinski definition) is 1. The molecule has 0 atom stereocenters. The van der Waals surface area contributed by atoms with Crippen LogP contribution in [0.15, 0.2) is 18.2 Å². The Kier molecular flexibility index (Phi) is 4.65. The van der Waals surface area contributed by atoms with Gasteiger partial charge in [-0.25, -0.2) is 0 Å². The summed E-state index contributed by atoms with van der Waals surface area (Å²) in [6.45, 7) is 3.81. The summed E-state index contributed by atoms with van der Waals surface area (Å²) in [5.74, 6) is -0.264. The Labute approximate surface area is 113 Å². The molecular weight excluding hydrogens is 313 g/mol. The fourth-order valence-corrected chi connectivity index (χ4v) is 1.83. The molecule has 16 heavy (non-hydrogen) atoms. The van der Waals surface area contributed by atoms with Crippen LogP contribution in [0.2, 0.25) is 10.0 Å². The first-order chi connectivity index (χ1) is 7.37. The van der Waals surface area contributed by atoms with E-state index < -0.39 is 0 Å². The van der Waals surface area contributed by atoms with Gasteiger partial charge in [0, 0.05) is 10.9 Å². The van der Waals surface area contributed by atoms with Crippen LogP contribution in [-0.2, 0) is 0 Å². The molecule has 1 aromatic carbocycles. The summed E-state index contributed by atoms with van der Waals surface area (Å²) < 4.78 is 0. The smallest absolute Gasteiger partial charge is 0.254 e. The van der Waals surface area contributed by atoms with Crippen molar-refractivity contribution in [1.29, 1.82) is 0 Å². The van der Waals surface area contributed by atoms with Crippen molar-refractivity contribution in [2.45, 2.75) is 19.4 Å². The maximum Gasteiger partial charge on any atom is 0.254 e. The number of benzene rings is 1. The normalized spacial score (nSPS) is 11.3. The predicted molar refractivity (Wildman–Crippen MR) is 71.8 cm³/mol. The molecule has 0 bridgehead atoms. The van der Waals surface area contributed by atoms with Crippen molar-refractivity contribution in [3.8, 4) is 0 Å². The SMILES string of the molecule is CC(C)(CBr)NC(=O)c1c(Cl)cccc1Cl. The van der Waals surface area contributed by atoms with Crippen LogP contribution in [-0.4, -0.2) is 16.8 Å². The first-order valence-electron chi connectivity index (χ1n) is 4.70. The summed E-state index contributed by atoms with van der Waals surface area (Å²) in [5, 5.41) is 4.21. The fourth-order valence-electron chi connectivity index (χ4n) is 1.12. The summed E-state index contributed by atoms with van der Waals surface area (Å²) in [5.41, 5.74) is -0.0283. The summed E-state index contributed by atoms with van der Waals surface area (Å²) in [4.78, 5) is 12.0. The predicted octanol–water partition coefficient (Wildman–Crippen LogP) is 3.90. The van der Waals surface area contributed by atoms with Gasteiger partial charge in [-0.15, -0.1) is 0 Å². The Morgan fingerprint density at radius 2 is 1.88 bits per heavy atom. The first-order valence-corrected chi connectivity index (χ1v) is 6.57. The molecule has 0 saturated carbocycles. The molecule has 1 N–H and O–H groups in total. The zero-order valence-electron chi connectivity index (χ0n) is 8.98. The molecule has 1 rings (SSSR count). The number of alkyl halides is 1. The van der Waals surface area contributed by atoms with Crippen LogP contribution in [0.5, 0.6) is 0 Å². The molecule has 5 heteroatoms. The van der Waals surface area contributed by atoms with Crippen LogP contribution in [0.4, 0.5) is 0 Å². The molecule has 0 aliphatic heterocycles. The van der Waals surface area contributed by atoms with E-state index in [-0.39, 0.29) is 11.4 Å². The van der Waals surface area contributed by atoms with Crippen LogP contribution in [0.25, 0.3) is 0 Å². The highest BCUT2D eigenvalue weighted by Crippen LogP contribution is 2.24. The molecule has 0 unspecified atom stereocenters. The Hall–Kier alpha value is -0.250. The number of carbonyl (C=O) groups excluding carboxylic acids is 1. The molecule has 2 nitrogen and oxygen atoms in total. The highest BCUT2D eigenvalue weighted by Gasteiger charge is 2.22. The van der Waals surface area contributed by atoms with E-state index in [1.54, 1.807) is 18.2 Å². The topological polar surface area (TPSA) is 29.1 Å². The third-order valence-electron chi connectivity index (χ3n) is 1.98. The van der Waals surface area contributed by atoms with Crippen LogP contribution in [0.1, 0.15) is 24.2 Å². The summed E-state index contributed by atoms with van der Waals surface area (Å²) in [6, 6.07) is 4.99. The Morgan fingerprint density at radius 3 is 2.31 bits per heavy atom. The lowest BCUT2D eigenvalue weighted by atomic mass is 10.1. The van der Waals surface area contributed by atoms with Gasteiger partial charge in [-0.3, -0.25) is 4.79 Å². The van der Waals surface area contributed by atoms with E-state index >= 15 is 0 Å². The summed E-state index contributed by atoms with van der Waals surface area (Å²) in [7, 11) is 0. The Morgan fingerprint density at radius 1 is 1.38 bits per heavy atom. The largest absolute Gasteiger partial charge is 0.346 e. The van der Waals surface area contributed by atoms with Crippen molar-refractivity contribution in [1.82, 2.24) is 5.32 Å². The number of carbonyl (C=O) groups is 1. The van der Waals surface area contributed by atoms with E-state index in [1.165, 1.54) is 0 Å². The number of hydrogen-bond acceptors (Lipinski definition) is 1. The average Bonchev–Trinajstić information content (AvgIpc) is 2.16. The van der Waals surface area contributed by atoms with E-state index in [0.29, 0.717) is 20.9 Å². The molecule has 0 radical (unpaired) electrons. The second-order valence-corrected chi connectivity index (χ2v) is 5.44. The van der Waals surface area contributed by atoms with Gasteiger partial charge in [0.25, 0.3) is 5.91 Å². The summed E-state index contributed by atoms with van der Waals surface area (Å²) in [6.07, 6.45) is 0. The van der Waals surface area contributed by atoms with Gasteiger partial charge < -0.3 is 5.32 Å². The number of rotatable bonds is 3. The van der Waals surface area contributed by atoms with Crippen molar-refractivity contribution in [2.24, 2.45) is 0 Å². The molecule has 0 spiro atoms. The third kappa shape index (κ3) is 3.37. The quantitative estimate of drug-likeness (QED) is 0.839. The number of halogens is 3. The molecule has 0 heterocycles. The van der Waals surface area contributed by atoms with Crippen LogP contribution < -0.4 is 5.32 Å². The van der Waals surface area contributed by atoms with Gasteiger partial charge in [-0.05, 0) is 26.0 Å². The highest BCUT2D eigenvalue weighted by molar-refractivity contribution is 9.09. The van der Waals surface area contributed by atoms with Crippen LogP contribution in [0.3, 0.4) is 0 Å². The molecule has 88 valence electrons. The van der Waals surface area contributed by atoms with Gasteiger partial charge >= 0.3 is 0 Å². The Bertz CT molecular complexity index is 387. The highest BCUT2D eigenvalue weighted by atomic mass is 79.9. The second-order valence-electron chi connectivity index (χ2n) is 4.07. The second kappa shape index (κ2) is 5.39. The molecular formula is C11H12BrCl2NO. The van der Waals surface area contributed by atoms with E-state index in [4.69, 9.17) is 23.2 Å². The zero-order chi connectivity index (χ0) is 12.3. The minimum absolute atomic E-state index is 0.264. The number of amides is 1. The third-order valence-corrected chi connectivity index (χ3v) is 4.01. The zero-order valence-corrected chi connectivity index (χ0v) is 12.1. The molecule has 0 fully saturated rings. The van der Waals surface area contributed by atoms with Gasteiger partial charge in [0.15, 0.2) is 0 Å². The van der Waals surface area contributed by atoms with E-state index in [1.807, 2.05) is 13.8 Å². The molecule has 1 amide bonds. The fraction of sp³-hybridized carbons (Fsp3) is 0.364. The molecule has 0 saturated heterocycles. The minimum Gasteiger partial charge on any atom is -0.346 e. The maximum absolute atomic E-state index is 12.0.